The molecule has 0 saturated carbocycles. The monoisotopic (exact) mass is 354 g/mol. The molecule has 0 fully saturated rings. The molecule has 1 aromatic heterocycles. The number of rotatable bonds is 7. The van der Waals surface area contributed by atoms with Crippen LogP contribution in [0.15, 0.2) is 52.8 Å². The molecule has 2 N–H and O–H groups in total. The Balaban J connectivity index is 1.91. The molecule has 0 aliphatic rings. The molecule has 2 aromatic rings. The molecule has 0 spiro atoms. The molecule has 0 saturated heterocycles. The minimum atomic E-state index is -3.49. The second-order valence-electron chi connectivity index (χ2n) is 4.53. The van der Waals surface area contributed by atoms with E-state index in [1.54, 1.807) is 36.4 Å². The first-order valence-corrected chi connectivity index (χ1v) is 8.60. The SMILES string of the molecule is C=CS(=O)(=O)NCCNC(=O)c1ccc(-c2ccc(Cl)cc2)o1. The molecule has 0 atom stereocenters. The number of benzene rings is 1. The molecule has 122 valence electrons. The number of carbonyl (C=O) groups is 1. The highest BCUT2D eigenvalue weighted by atomic mass is 35.5. The second-order valence-corrected chi connectivity index (χ2v) is 6.68. The molecule has 0 aliphatic heterocycles. The molecule has 6 nitrogen and oxygen atoms in total. The van der Waals surface area contributed by atoms with Gasteiger partial charge in [-0.15, -0.1) is 0 Å². The molecule has 1 aromatic carbocycles. The number of furan rings is 1. The van der Waals surface area contributed by atoms with E-state index in [4.69, 9.17) is 16.0 Å². The van der Waals surface area contributed by atoms with Gasteiger partial charge in [0.05, 0.1) is 0 Å². The maximum absolute atomic E-state index is 11.9. The van der Waals surface area contributed by atoms with E-state index in [0.29, 0.717) is 10.8 Å². The van der Waals surface area contributed by atoms with Crippen molar-refractivity contribution in [3.63, 3.8) is 0 Å². The van der Waals surface area contributed by atoms with Crippen LogP contribution in [-0.4, -0.2) is 27.4 Å². The van der Waals surface area contributed by atoms with E-state index in [9.17, 15) is 13.2 Å². The second kappa shape index (κ2) is 7.45. The van der Waals surface area contributed by atoms with Crippen molar-refractivity contribution in [2.45, 2.75) is 0 Å². The van der Waals surface area contributed by atoms with E-state index < -0.39 is 15.9 Å². The van der Waals surface area contributed by atoms with E-state index in [1.165, 1.54) is 0 Å². The molecular weight excluding hydrogens is 340 g/mol. The summed E-state index contributed by atoms with van der Waals surface area (Å²) in [6.45, 7) is 3.36. The summed E-state index contributed by atoms with van der Waals surface area (Å²) < 4.78 is 30.0. The summed E-state index contributed by atoms with van der Waals surface area (Å²) >= 11 is 5.82. The topological polar surface area (TPSA) is 88.4 Å². The van der Waals surface area contributed by atoms with Gasteiger partial charge in [-0.3, -0.25) is 4.79 Å². The van der Waals surface area contributed by atoms with Crippen LogP contribution in [0.4, 0.5) is 0 Å². The zero-order valence-corrected chi connectivity index (χ0v) is 13.7. The quantitative estimate of drug-likeness (QED) is 0.747. The summed E-state index contributed by atoms with van der Waals surface area (Å²) in [5.41, 5.74) is 0.798. The number of halogens is 1. The third-order valence-corrected chi connectivity index (χ3v) is 4.19. The number of hydrogen-bond donors (Lipinski definition) is 2. The number of sulfonamides is 1. The van der Waals surface area contributed by atoms with Gasteiger partial charge in [0.1, 0.15) is 5.76 Å². The highest BCUT2D eigenvalue weighted by molar-refractivity contribution is 7.92. The predicted molar refractivity (Wildman–Crippen MR) is 88.6 cm³/mol. The standard InChI is InChI=1S/C15H15ClN2O4S/c1-2-23(20,21)18-10-9-17-15(19)14-8-7-13(22-14)11-3-5-12(16)6-4-11/h2-8,18H,1,9-10H2,(H,17,19). The molecule has 0 aliphatic carbocycles. The first-order chi connectivity index (χ1) is 10.9. The van der Waals surface area contributed by atoms with E-state index >= 15 is 0 Å². The molecule has 1 heterocycles. The van der Waals surface area contributed by atoms with Gasteiger partial charge in [0.15, 0.2) is 5.76 Å². The lowest BCUT2D eigenvalue weighted by Crippen LogP contribution is -2.33. The summed E-state index contributed by atoms with van der Waals surface area (Å²) in [5, 5.41) is 3.97. The average Bonchev–Trinajstić information content (AvgIpc) is 3.02. The molecular formula is C15H15ClN2O4S. The molecule has 0 bridgehead atoms. The van der Waals surface area contributed by atoms with Crippen LogP contribution < -0.4 is 10.0 Å². The Morgan fingerprint density at radius 1 is 1.17 bits per heavy atom. The van der Waals surface area contributed by atoms with Crippen LogP contribution in [-0.2, 0) is 10.0 Å². The largest absolute Gasteiger partial charge is 0.451 e. The van der Waals surface area contributed by atoms with Gasteiger partial charge < -0.3 is 9.73 Å². The van der Waals surface area contributed by atoms with Crippen LogP contribution in [0.5, 0.6) is 0 Å². The molecule has 1 amide bonds. The van der Waals surface area contributed by atoms with E-state index in [0.717, 1.165) is 11.0 Å². The lowest BCUT2D eigenvalue weighted by atomic mass is 10.2. The summed E-state index contributed by atoms with van der Waals surface area (Å²) in [7, 11) is -3.49. The fourth-order valence-corrected chi connectivity index (χ4v) is 2.38. The molecule has 0 radical (unpaired) electrons. The van der Waals surface area contributed by atoms with Gasteiger partial charge in [0.2, 0.25) is 10.0 Å². The maximum atomic E-state index is 11.9. The van der Waals surface area contributed by atoms with Crippen molar-refractivity contribution < 1.29 is 17.6 Å². The van der Waals surface area contributed by atoms with Crippen LogP contribution in [0.2, 0.25) is 5.02 Å². The molecule has 2 rings (SSSR count). The zero-order valence-electron chi connectivity index (χ0n) is 12.1. The van der Waals surface area contributed by atoms with Crippen LogP contribution in [0, 0.1) is 0 Å². The van der Waals surface area contributed by atoms with Gasteiger partial charge in [-0.1, -0.05) is 18.2 Å². The fourth-order valence-electron chi connectivity index (χ4n) is 1.74. The Labute approximate surface area is 139 Å². The minimum absolute atomic E-state index is 0.0604. The summed E-state index contributed by atoms with van der Waals surface area (Å²) in [5.74, 6) is 0.253. The first kappa shape index (κ1) is 17.3. The molecule has 23 heavy (non-hydrogen) atoms. The van der Waals surface area contributed by atoms with Gasteiger partial charge in [-0.25, -0.2) is 13.1 Å². The predicted octanol–water partition coefficient (Wildman–Crippen LogP) is 2.39. The maximum Gasteiger partial charge on any atom is 0.287 e. The average molecular weight is 355 g/mol. The first-order valence-electron chi connectivity index (χ1n) is 6.67. The van der Waals surface area contributed by atoms with Gasteiger partial charge in [-0.05, 0) is 36.4 Å². The highest BCUT2D eigenvalue weighted by Gasteiger charge is 2.12. The van der Waals surface area contributed by atoms with Crippen LogP contribution in [0.25, 0.3) is 11.3 Å². The van der Waals surface area contributed by atoms with Gasteiger partial charge in [0, 0.05) is 29.1 Å². The third-order valence-electron chi connectivity index (χ3n) is 2.89. The van der Waals surface area contributed by atoms with Gasteiger partial charge in [-0.2, -0.15) is 0 Å². The Hall–Kier alpha value is -2.09. The highest BCUT2D eigenvalue weighted by Crippen LogP contribution is 2.23. The number of hydrogen-bond acceptors (Lipinski definition) is 4. The van der Waals surface area contributed by atoms with E-state index in [-0.39, 0.29) is 18.8 Å². The van der Waals surface area contributed by atoms with E-state index in [2.05, 4.69) is 16.6 Å². The van der Waals surface area contributed by atoms with Crippen LogP contribution in [0.3, 0.4) is 0 Å². The van der Waals surface area contributed by atoms with Crippen LogP contribution in [0.1, 0.15) is 10.6 Å². The van der Waals surface area contributed by atoms with E-state index in [1.807, 2.05) is 0 Å². The van der Waals surface area contributed by atoms with Crippen molar-refractivity contribution in [3.05, 3.63) is 59.2 Å². The zero-order chi connectivity index (χ0) is 16.9. The Kier molecular flexibility index (Phi) is 5.59. The van der Waals surface area contributed by atoms with Gasteiger partial charge >= 0.3 is 0 Å². The summed E-state index contributed by atoms with van der Waals surface area (Å²) in [6.07, 6.45) is 0. The molecule has 0 unspecified atom stereocenters. The third kappa shape index (κ3) is 4.95. The Morgan fingerprint density at radius 3 is 2.52 bits per heavy atom. The summed E-state index contributed by atoms with van der Waals surface area (Å²) in [6, 6.07) is 10.3. The van der Waals surface area contributed by atoms with Crippen molar-refractivity contribution >= 4 is 27.5 Å². The number of amides is 1. The summed E-state index contributed by atoms with van der Waals surface area (Å²) in [4.78, 5) is 11.9. The molecule has 8 heteroatoms. The Bertz CT molecular complexity index is 797. The van der Waals surface area contributed by atoms with Gasteiger partial charge in [0.25, 0.3) is 5.91 Å². The number of carbonyl (C=O) groups excluding carboxylic acids is 1. The van der Waals surface area contributed by atoms with Crippen LogP contribution >= 0.6 is 11.6 Å². The lowest BCUT2D eigenvalue weighted by molar-refractivity contribution is 0.0927. The minimum Gasteiger partial charge on any atom is -0.451 e. The Morgan fingerprint density at radius 2 is 1.87 bits per heavy atom. The lowest BCUT2D eigenvalue weighted by Gasteiger charge is -2.04. The normalized spacial score (nSPS) is 11.2. The van der Waals surface area contributed by atoms with Crippen molar-refractivity contribution in [1.82, 2.24) is 10.0 Å². The number of nitrogens with one attached hydrogen (secondary N) is 2. The van der Waals surface area contributed by atoms with Crippen molar-refractivity contribution in [3.8, 4) is 11.3 Å². The smallest absolute Gasteiger partial charge is 0.287 e. The van der Waals surface area contributed by atoms with Crippen molar-refractivity contribution in [1.29, 1.82) is 0 Å². The fraction of sp³-hybridized carbons (Fsp3) is 0.133. The van der Waals surface area contributed by atoms with Crippen molar-refractivity contribution in [2.24, 2.45) is 0 Å². The van der Waals surface area contributed by atoms with Crippen molar-refractivity contribution in [2.75, 3.05) is 13.1 Å².